The van der Waals surface area contributed by atoms with Crippen molar-refractivity contribution in [3.63, 3.8) is 0 Å². The largest absolute Gasteiger partial charge is 0.489 e. The highest BCUT2D eigenvalue weighted by atomic mass is 32.2. The second-order valence-corrected chi connectivity index (χ2v) is 9.18. The van der Waals surface area contributed by atoms with Gasteiger partial charge in [0.05, 0.1) is 16.0 Å². The van der Waals surface area contributed by atoms with Crippen LogP contribution in [0.4, 0.5) is 11.4 Å². The smallest absolute Gasteiger partial charge is 0.295 e. The number of rotatable bonds is 11. The third-order valence-electron chi connectivity index (χ3n) is 5.04. The van der Waals surface area contributed by atoms with Crippen LogP contribution in [0.1, 0.15) is 25.0 Å². The zero-order valence-electron chi connectivity index (χ0n) is 18.9. The van der Waals surface area contributed by atoms with Crippen molar-refractivity contribution < 1.29 is 18.1 Å². The van der Waals surface area contributed by atoms with E-state index in [1.54, 1.807) is 38.1 Å². The number of anilines is 1. The summed E-state index contributed by atoms with van der Waals surface area (Å²) < 4.78 is 32.3. The molecular weight excluding hydrogens is 456 g/mol. The molecule has 0 atom stereocenters. The molecule has 0 spiro atoms. The molecule has 0 heterocycles. The molecule has 9 nitrogen and oxygen atoms in total. The Balaban J connectivity index is 1.68. The minimum atomic E-state index is -3.81. The third kappa shape index (κ3) is 6.18. The molecule has 3 rings (SSSR count). The van der Waals surface area contributed by atoms with Crippen LogP contribution in [0.15, 0.2) is 82.8 Å². The monoisotopic (exact) mass is 482 g/mol. The first kappa shape index (κ1) is 24.9. The van der Waals surface area contributed by atoms with Gasteiger partial charge in [0.25, 0.3) is 5.69 Å². The van der Waals surface area contributed by atoms with Gasteiger partial charge >= 0.3 is 0 Å². The number of nitro groups is 1. The molecule has 0 bridgehead atoms. The standard InChI is InChI=1S/C24H26N4O5S/c1-3-27(4-2)34(31,32)22-14-15-23(24(16-22)28(29)30)26-25-17-19-10-12-21(13-11-19)33-18-20-8-6-5-7-9-20/h5-17,26H,3-4,18H2,1-2H3/b25-17-. The van der Waals surface area contributed by atoms with E-state index in [1.165, 1.54) is 22.7 Å². The minimum Gasteiger partial charge on any atom is -0.489 e. The molecule has 178 valence electrons. The fraction of sp³-hybridized carbons (Fsp3) is 0.208. The first-order chi connectivity index (χ1) is 16.3. The molecule has 0 unspecified atom stereocenters. The molecule has 0 saturated heterocycles. The van der Waals surface area contributed by atoms with E-state index in [4.69, 9.17) is 4.74 Å². The number of hydrazone groups is 1. The highest BCUT2D eigenvalue weighted by molar-refractivity contribution is 7.89. The Hall–Kier alpha value is -3.76. The average molecular weight is 483 g/mol. The van der Waals surface area contributed by atoms with Crippen LogP contribution < -0.4 is 10.2 Å². The number of nitrogens with one attached hydrogen (secondary N) is 1. The summed E-state index contributed by atoms with van der Waals surface area (Å²) in [6.45, 7) is 4.42. The van der Waals surface area contributed by atoms with E-state index in [-0.39, 0.29) is 29.4 Å². The van der Waals surface area contributed by atoms with Gasteiger partial charge in [-0.15, -0.1) is 0 Å². The number of nitro benzene ring substituents is 1. The van der Waals surface area contributed by atoms with Crippen molar-refractivity contribution in [3.05, 3.63) is 94.0 Å². The molecule has 0 amide bonds. The van der Waals surface area contributed by atoms with Crippen LogP contribution in [-0.4, -0.2) is 37.0 Å². The van der Waals surface area contributed by atoms with Gasteiger partial charge in [-0.05, 0) is 47.5 Å². The second-order valence-electron chi connectivity index (χ2n) is 7.24. The van der Waals surface area contributed by atoms with Crippen LogP contribution in [0.2, 0.25) is 0 Å². The van der Waals surface area contributed by atoms with Crippen LogP contribution in [0, 0.1) is 10.1 Å². The molecule has 0 aromatic heterocycles. The van der Waals surface area contributed by atoms with Gasteiger partial charge in [-0.3, -0.25) is 15.5 Å². The molecule has 10 heteroatoms. The number of ether oxygens (including phenoxy) is 1. The van der Waals surface area contributed by atoms with E-state index in [9.17, 15) is 18.5 Å². The summed E-state index contributed by atoms with van der Waals surface area (Å²) in [7, 11) is -3.81. The first-order valence-corrected chi connectivity index (χ1v) is 12.1. The summed E-state index contributed by atoms with van der Waals surface area (Å²) in [6, 6.07) is 20.8. The molecule has 0 aliphatic heterocycles. The van der Waals surface area contributed by atoms with Crippen LogP contribution in [0.25, 0.3) is 0 Å². The van der Waals surface area contributed by atoms with E-state index in [0.29, 0.717) is 12.4 Å². The summed E-state index contributed by atoms with van der Waals surface area (Å²) in [6.07, 6.45) is 1.51. The van der Waals surface area contributed by atoms with Gasteiger partial charge in [-0.25, -0.2) is 8.42 Å². The Kier molecular flexibility index (Phi) is 8.34. The first-order valence-electron chi connectivity index (χ1n) is 10.7. The summed E-state index contributed by atoms with van der Waals surface area (Å²) in [5, 5.41) is 15.6. The summed E-state index contributed by atoms with van der Waals surface area (Å²) in [5.74, 6) is 0.703. The van der Waals surface area contributed by atoms with Gasteiger partial charge in [0.15, 0.2) is 0 Å². The number of nitrogens with zero attached hydrogens (tertiary/aromatic N) is 3. The van der Waals surface area contributed by atoms with Crippen molar-refractivity contribution >= 4 is 27.6 Å². The Bertz CT molecular complexity index is 1240. The molecular formula is C24H26N4O5S. The normalized spacial score (nSPS) is 11.6. The van der Waals surface area contributed by atoms with Crippen molar-refractivity contribution in [1.82, 2.24) is 4.31 Å². The fourth-order valence-corrected chi connectivity index (χ4v) is 4.68. The van der Waals surface area contributed by atoms with Crippen LogP contribution in [0.3, 0.4) is 0 Å². The lowest BCUT2D eigenvalue weighted by atomic mass is 10.2. The molecule has 34 heavy (non-hydrogen) atoms. The predicted octanol–water partition coefficient (Wildman–Crippen LogP) is 4.65. The molecule has 1 N–H and O–H groups in total. The number of benzene rings is 3. The van der Waals surface area contributed by atoms with Crippen LogP contribution in [0.5, 0.6) is 5.75 Å². The predicted molar refractivity (Wildman–Crippen MR) is 132 cm³/mol. The number of hydrogen-bond donors (Lipinski definition) is 1. The minimum absolute atomic E-state index is 0.0857. The van der Waals surface area contributed by atoms with E-state index in [2.05, 4.69) is 10.5 Å². The Labute approximate surface area is 198 Å². The SMILES string of the molecule is CCN(CC)S(=O)(=O)c1ccc(N/N=C\c2ccc(OCc3ccccc3)cc2)c([N+](=O)[O-])c1. The number of sulfonamides is 1. The molecule has 0 aliphatic rings. The van der Waals surface area contributed by atoms with Gasteiger partial charge < -0.3 is 4.74 Å². The molecule has 3 aromatic rings. The topological polar surface area (TPSA) is 114 Å². The van der Waals surface area contributed by atoms with E-state index >= 15 is 0 Å². The molecule has 0 aliphatic carbocycles. The van der Waals surface area contributed by atoms with Gasteiger partial charge in [-0.2, -0.15) is 9.41 Å². The molecule has 0 radical (unpaired) electrons. The van der Waals surface area contributed by atoms with Crippen molar-refractivity contribution in [2.24, 2.45) is 5.10 Å². The van der Waals surface area contributed by atoms with Gasteiger partial charge in [0.2, 0.25) is 10.0 Å². The zero-order chi connectivity index (χ0) is 24.6. The van der Waals surface area contributed by atoms with Crippen molar-refractivity contribution in [2.75, 3.05) is 18.5 Å². The lowest BCUT2D eigenvalue weighted by Gasteiger charge is -2.18. The summed E-state index contributed by atoms with van der Waals surface area (Å²) >= 11 is 0. The maximum absolute atomic E-state index is 12.7. The van der Waals surface area contributed by atoms with Crippen molar-refractivity contribution in [1.29, 1.82) is 0 Å². The summed E-state index contributed by atoms with van der Waals surface area (Å²) in [5.41, 5.74) is 4.15. The Morgan fingerprint density at radius 1 is 1.03 bits per heavy atom. The average Bonchev–Trinajstić information content (AvgIpc) is 2.84. The summed E-state index contributed by atoms with van der Waals surface area (Å²) in [4.78, 5) is 10.8. The highest BCUT2D eigenvalue weighted by Gasteiger charge is 2.25. The van der Waals surface area contributed by atoms with Gasteiger partial charge in [0.1, 0.15) is 18.0 Å². The Morgan fingerprint density at radius 2 is 1.71 bits per heavy atom. The third-order valence-corrected chi connectivity index (χ3v) is 7.08. The molecule has 0 saturated carbocycles. The van der Waals surface area contributed by atoms with E-state index in [0.717, 1.165) is 17.2 Å². The van der Waals surface area contributed by atoms with Gasteiger partial charge in [-0.1, -0.05) is 44.2 Å². The Morgan fingerprint density at radius 3 is 2.32 bits per heavy atom. The lowest BCUT2D eigenvalue weighted by molar-refractivity contribution is -0.384. The zero-order valence-corrected chi connectivity index (χ0v) is 19.7. The second kappa shape index (κ2) is 11.4. The number of hydrogen-bond acceptors (Lipinski definition) is 7. The fourth-order valence-electron chi connectivity index (χ4n) is 3.20. The van der Waals surface area contributed by atoms with Crippen molar-refractivity contribution in [3.8, 4) is 5.75 Å². The quantitative estimate of drug-likeness (QED) is 0.242. The van der Waals surface area contributed by atoms with Gasteiger partial charge in [0, 0.05) is 19.2 Å². The maximum atomic E-state index is 12.7. The highest BCUT2D eigenvalue weighted by Crippen LogP contribution is 2.29. The lowest BCUT2D eigenvalue weighted by Crippen LogP contribution is -2.30. The van der Waals surface area contributed by atoms with Crippen molar-refractivity contribution in [2.45, 2.75) is 25.3 Å². The van der Waals surface area contributed by atoms with E-state index in [1.807, 2.05) is 30.3 Å². The van der Waals surface area contributed by atoms with Crippen LogP contribution >= 0.6 is 0 Å². The van der Waals surface area contributed by atoms with E-state index < -0.39 is 14.9 Å². The molecule has 0 fully saturated rings. The maximum Gasteiger partial charge on any atom is 0.295 e. The van der Waals surface area contributed by atoms with Crippen LogP contribution in [-0.2, 0) is 16.6 Å². The molecule has 3 aromatic carbocycles.